The van der Waals surface area contributed by atoms with Gasteiger partial charge in [-0.15, -0.1) is 0 Å². The maximum atomic E-state index is 12.3. The van der Waals surface area contributed by atoms with Crippen LogP contribution in [0.2, 0.25) is 0 Å². The van der Waals surface area contributed by atoms with Crippen molar-refractivity contribution in [3.05, 3.63) is 35.4 Å². The molecular weight excluding hydrogens is 230 g/mol. The smallest absolute Gasteiger partial charge is 0.254 e. The second-order valence-electron chi connectivity index (χ2n) is 3.98. The number of nitrogens with zero attached hydrogens (tertiary/aromatic N) is 1. The van der Waals surface area contributed by atoms with E-state index in [4.69, 9.17) is 11.5 Å². The van der Waals surface area contributed by atoms with E-state index in [1.807, 2.05) is 19.1 Å². The maximum Gasteiger partial charge on any atom is 0.254 e. The van der Waals surface area contributed by atoms with Gasteiger partial charge in [0.1, 0.15) is 0 Å². The summed E-state index contributed by atoms with van der Waals surface area (Å²) >= 11 is 0. The summed E-state index contributed by atoms with van der Waals surface area (Å²) in [5, 5.41) is 0. The van der Waals surface area contributed by atoms with Crippen LogP contribution in [0.3, 0.4) is 0 Å². The summed E-state index contributed by atoms with van der Waals surface area (Å²) in [6.07, 6.45) is 0.635. The Morgan fingerprint density at radius 3 is 2.50 bits per heavy atom. The van der Waals surface area contributed by atoms with Crippen LogP contribution in [0, 0.1) is 0 Å². The van der Waals surface area contributed by atoms with E-state index in [1.54, 1.807) is 12.1 Å². The van der Waals surface area contributed by atoms with Crippen LogP contribution < -0.4 is 11.5 Å². The van der Waals surface area contributed by atoms with Crippen molar-refractivity contribution in [2.45, 2.75) is 13.3 Å². The topological polar surface area (TPSA) is 89.4 Å². The minimum absolute atomic E-state index is 0.0632. The van der Waals surface area contributed by atoms with E-state index in [2.05, 4.69) is 0 Å². The predicted molar refractivity (Wildman–Crippen MR) is 70.0 cm³/mol. The molecule has 0 spiro atoms. The Morgan fingerprint density at radius 2 is 1.94 bits per heavy atom. The molecule has 0 unspecified atom stereocenters. The highest BCUT2D eigenvalue weighted by molar-refractivity contribution is 5.97. The Kier molecular flexibility index (Phi) is 5.32. The molecule has 0 radical (unpaired) electrons. The first-order valence-corrected chi connectivity index (χ1v) is 5.95. The average Bonchev–Trinajstić information content (AvgIpc) is 2.36. The first-order chi connectivity index (χ1) is 8.60. The van der Waals surface area contributed by atoms with Crippen LogP contribution in [-0.2, 0) is 11.2 Å². The molecule has 5 heteroatoms. The van der Waals surface area contributed by atoms with Crippen LogP contribution >= 0.6 is 0 Å². The Balaban J connectivity index is 2.97. The Hall–Kier alpha value is -1.88. The number of benzene rings is 1. The summed E-state index contributed by atoms with van der Waals surface area (Å²) in [7, 11) is 0. The molecule has 98 valence electrons. The summed E-state index contributed by atoms with van der Waals surface area (Å²) in [6, 6.07) is 7.28. The molecule has 0 saturated heterocycles. The average molecular weight is 249 g/mol. The lowest BCUT2D eigenvalue weighted by Crippen LogP contribution is -2.38. The van der Waals surface area contributed by atoms with Gasteiger partial charge in [-0.3, -0.25) is 9.59 Å². The van der Waals surface area contributed by atoms with Gasteiger partial charge in [0, 0.05) is 12.1 Å². The fourth-order valence-corrected chi connectivity index (χ4v) is 1.79. The molecule has 0 heterocycles. The van der Waals surface area contributed by atoms with Crippen molar-refractivity contribution >= 4 is 11.8 Å². The summed E-state index contributed by atoms with van der Waals surface area (Å²) < 4.78 is 0. The molecule has 0 saturated carbocycles. The fraction of sp³-hybridized carbons (Fsp3) is 0.385. The number of carbonyl (C=O) groups excluding carboxylic acids is 2. The zero-order valence-corrected chi connectivity index (χ0v) is 10.6. The van der Waals surface area contributed by atoms with E-state index in [0.717, 1.165) is 5.56 Å². The third-order valence-corrected chi connectivity index (χ3v) is 2.68. The zero-order valence-electron chi connectivity index (χ0n) is 10.6. The van der Waals surface area contributed by atoms with Crippen molar-refractivity contribution in [2.75, 3.05) is 19.6 Å². The summed E-state index contributed by atoms with van der Waals surface area (Å²) in [5.74, 6) is -0.693. The highest BCUT2D eigenvalue weighted by Crippen LogP contribution is 2.12. The minimum Gasteiger partial charge on any atom is -0.368 e. The van der Waals surface area contributed by atoms with E-state index >= 15 is 0 Å². The Bertz CT molecular complexity index is 432. The van der Waals surface area contributed by atoms with Gasteiger partial charge in [-0.1, -0.05) is 18.2 Å². The molecule has 0 aliphatic rings. The van der Waals surface area contributed by atoms with Gasteiger partial charge >= 0.3 is 0 Å². The van der Waals surface area contributed by atoms with Crippen LogP contribution in [-0.4, -0.2) is 36.3 Å². The van der Waals surface area contributed by atoms with E-state index in [9.17, 15) is 9.59 Å². The lowest BCUT2D eigenvalue weighted by Gasteiger charge is -2.20. The molecule has 0 aromatic heterocycles. The third kappa shape index (κ3) is 3.56. The van der Waals surface area contributed by atoms with Gasteiger partial charge < -0.3 is 16.4 Å². The number of likely N-dealkylation sites (N-methyl/N-ethyl adjacent to an activating group) is 1. The molecule has 4 N–H and O–H groups in total. The number of hydrogen-bond donors (Lipinski definition) is 2. The molecule has 0 atom stereocenters. The first-order valence-electron chi connectivity index (χ1n) is 5.95. The predicted octanol–water partition coefficient (Wildman–Crippen LogP) is 0.135. The number of carbonyl (C=O) groups is 2. The molecule has 2 amide bonds. The van der Waals surface area contributed by atoms with Gasteiger partial charge in [-0.05, 0) is 31.5 Å². The van der Waals surface area contributed by atoms with Crippen molar-refractivity contribution in [2.24, 2.45) is 11.5 Å². The molecule has 1 aromatic rings. The second-order valence-corrected chi connectivity index (χ2v) is 3.98. The van der Waals surface area contributed by atoms with E-state index in [1.165, 1.54) is 4.90 Å². The lowest BCUT2D eigenvalue weighted by molar-refractivity contribution is -0.118. The van der Waals surface area contributed by atoms with E-state index in [-0.39, 0.29) is 12.5 Å². The van der Waals surface area contributed by atoms with Gasteiger partial charge in [-0.25, -0.2) is 0 Å². The number of hydrogen-bond acceptors (Lipinski definition) is 3. The van der Waals surface area contributed by atoms with Crippen molar-refractivity contribution in [3.8, 4) is 0 Å². The van der Waals surface area contributed by atoms with Gasteiger partial charge in [-0.2, -0.15) is 0 Å². The Labute approximate surface area is 107 Å². The molecular formula is C13H19N3O2. The highest BCUT2D eigenvalue weighted by Gasteiger charge is 2.18. The normalized spacial score (nSPS) is 10.1. The first kappa shape index (κ1) is 14.2. The second kappa shape index (κ2) is 6.76. The Morgan fingerprint density at radius 1 is 1.28 bits per heavy atom. The third-order valence-electron chi connectivity index (χ3n) is 2.68. The van der Waals surface area contributed by atoms with Crippen LogP contribution in [0.1, 0.15) is 22.8 Å². The van der Waals surface area contributed by atoms with Gasteiger partial charge in [0.15, 0.2) is 0 Å². The van der Waals surface area contributed by atoms with Gasteiger partial charge in [0.25, 0.3) is 5.91 Å². The molecule has 1 rings (SSSR count). The number of nitrogens with two attached hydrogens (primary N) is 2. The molecule has 0 bridgehead atoms. The number of amides is 2. The highest BCUT2D eigenvalue weighted by atomic mass is 16.2. The standard InChI is InChI=1S/C13H19N3O2/c1-2-16(9-12(15)17)13(18)11-6-4-3-5-10(11)7-8-14/h3-6H,2,7-9,14H2,1H3,(H2,15,17). The van der Waals surface area contributed by atoms with E-state index in [0.29, 0.717) is 25.1 Å². The largest absolute Gasteiger partial charge is 0.368 e. The summed E-state index contributed by atoms with van der Waals surface area (Å²) in [6.45, 7) is 2.67. The van der Waals surface area contributed by atoms with Gasteiger partial charge in [0.2, 0.25) is 5.91 Å². The van der Waals surface area contributed by atoms with Crippen molar-refractivity contribution in [1.29, 1.82) is 0 Å². The van der Waals surface area contributed by atoms with E-state index < -0.39 is 5.91 Å². The van der Waals surface area contributed by atoms with Crippen LogP contribution in [0.5, 0.6) is 0 Å². The quantitative estimate of drug-likeness (QED) is 0.751. The van der Waals surface area contributed by atoms with Crippen LogP contribution in [0.15, 0.2) is 24.3 Å². The fourth-order valence-electron chi connectivity index (χ4n) is 1.79. The molecule has 0 aliphatic carbocycles. The van der Waals surface area contributed by atoms with Crippen LogP contribution in [0.25, 0.3) is 0 Å². The maximum absolute atomic E-state index is 12.3. The van der Waals surface area contributed by atoms with Crippen molar-refractivity contribution in [1.82, 2.24) is 4.90 Å². The zero-order chi connectivity index (χ0) is 13.5. The summed E-state index contributed by atoms with van der Waals surface area (Å²) in [4.78, 5) is 24.6. The van der Waals surface area contributed by atoms with Crippen molar-refractivity contribution < 1.29 is 9.59 Å². The minimum atomic E-state index is -0.512. The lowest BCUT2D eigenvalue weighted by atomic mass is 10.0. The monoisotopic (exact) mass is 249 g/mol. The number of rotatable bonds is 6. The molecule has 5 nitrogen and oxygen atoms in total. The van der Waals surface area contributed by atoms with Gasteiger partial charge in [0.05, 0.1) is 6.54 Å². The SMILES string of the molecule is CCN(CC(N)=O)C(=O)c1ccccc1CCN. The summed E-state index contributed by atoms with van der Waals surface area (Å²) in [5.41, 5.74) is 12.1. The molecule has 1 aromatic carbocycles. The van der Waals surface area contributed by atoms with Crippen LogP contribution in [0.4, 0.5) is 0 Å². The molecule has 18 heavy (non-hydrogen) atoms. The number of primary amides is 1. The van der Waals surface area contributed by atoms with Crippen molar-refractivity contribution in [3.63, 3.8) is 0 Å². The molecule has 0 fully saturated rings. The molecule has 0 aliphatic heterocycles.